The molecule has 2 N–H and O–H groups in total. The molecule has 2 rings (SSSR count). The SMILES string of the molecule is O=c1[nH][nH]c(=S)n1CCc1ccsc1. The molecule has 0 aliphatic rings. The van der Waals surface area contributed by atoms with E-state index < -0.39 is 0 Å². The Kier molecular flexibility index (Phi) is 2.64. The Morgan fingerprint density at radius 2 is 2.36 bits per heavy atom. The van der Waals surface area contributed by atoms with Crippen molar-refractivity contribution in [2.45, 2.75) is 13.0 Å². The minimum atomic E-state index is -0.176. The standard InChI is InChI=1S/C8H9N3OS2/c12-7-9-10-8(13)11(7)3-1-6-2-4-14-5-6/h2,4-5H,1,3H2,(H,9,12)(H,10,13). The van der Waals surface area contributed by atoms with Gasteiger partial charge in [0.15, 0.2) is 4.77 Å². The molecule has 0 aliphatic carbocycles. The van der Waals surface area contributed by atoms with Crippen molar-refractivity contribution in [1.82, 2.24) is 14.8 Å². The molecule has 0 saturated heterocycles. The number of hydrogen-bond acceptors (Lipinski definition) is 3. The zero-order valence-electron chi connectivity index (χ0n) is 7.32. The van der Waals surface area contributed by atoms with Crippen LogP contribution in [0.15, 0.2) is 21.6 Å². The summed E-state index contributed by atoms with van der Waals surface area (Å²) in [4.78, 5) is 11.2. The van der Waals surface area contributed by atoms with E-state index in [0.717, 1.165) is 6.42 Å². The topological polar surface area (TPSA) is 53.6 Å². The summed E-state index contributed by atoms with van der Waals surface area (Å²) in [6.07, 6.45) is 0.832. The van der Waals surface area contributed by atoms with Crippen molar-refractivity contribution in [3.05, 3.63) is 37.6 Å². The lowest BCUT2D eigenvalue weighted by molar-refractivity contribution is 0.664. The predicted molar refractivity (Wildman–Crippen MR) is 58.3 cm³/mol. The number of thiophene rings is 1. The summed E-state index contributed by atoms with van der Waals surface area (Å²) in [5, 5.41) is 9.16. The number of hydrogen-bond donors (Lipinski definition) is 2. The van der Waals surface area contributed by atoms with E-state index in [9.17, 15) is 4.79 Å². The van der Waals surface area contributed by atoms with E-state index in [1.54, 1.807) is 11.3 Å². The summed E-state index contributed by atoms with van der Waals surface area (Å²) in [6, 6.07) is 2.05. The Morgan fingerprint density at radius 3 is 2.93 bits per heavy atom. The molecule has 0 radical (unpaired) electrons. The second-order valence-corrected chi connectivity index (χ2v) is 4.06. The number of nitrogens with zero attached hydrogens (tertiary/aromatic N) is 1. The monoisotopic (exact) mass is 227 g/mol. The average molecular weight is 227 g/mol. The van der Waals surface area contributed by atoms with Crippen LogP contribution in [0.25, 0.3) is 0 Å². The van der Waals surface area contributed by atoms with Gasteiger partial charge in [-0.2, -0.15) is 11.3 Å². The molecule has 2 aromatic heterocycles. The van der Waals surface area contributed by atoms with E-state index in [2.05, 4.69) is 21.6 Å². The van der Waals surface area contributed by atoms with Gasteiger partial charge < -0.3 is 0 Å². The lowest BCUT2D eigenvalue weighted by Crippen LogP contribution is -2.17. The number of aryl methyl sites for hydroxylation is 1. The van der Waals surface area contributed by atoms with E-state index >= 15 is 0 Å². The van der Waals surface area contributed by atoms with Crippen LogP contribution in [0.1, 0.15) is 5.56 Å². The lowest BCUT2D eigenvalue weighted by atomic mass is 10.2. The maximum absolute atomic E-state index is 11.2. The quantitative estimate of drug-likeness (QED) is 0.781. The van der Waals surface area contributed by atoms with Crippen LogP contribution in [-0.2, 0) is 13.0 Å². The third-order valence-electron chi connectivity index (χ3n) is 1.97. The van der Waals surface area contributed by atoms with Crippen molar-refractivity contribution < 1.29 is 0 Å². The first-order valence-corrected chi connectivity index (χ1v) is 5.51. The molecule has 0 amide bonds. The first-order chi connectivity index (χ1) is 6.77. The van der Waals surface area contributed by atoms with Crippen LogP contribution in [0, 0.1) is 4.77 Å². The number of H-pyrrole nitrogens is 2. The number of rotatable bonds is 3. The fourth-order valence-corrected chi connectivity index (χ4v) is 2.14. The molecule has 2 aromatic rings. The molecule has 4 nitrogen and oxygen atoms in total. The zero-order valence-corrected chi connectivity index (χ0v) is 8.95. The number of aromatic amines is 2. The van der Waals surface area contributed by atoms with E-state index in [1.165, 1.54) is 10.1 Å². The number of nitrogens with one attached hydrogen (secondary N) is 2. The zero-order chi connectivity index (χ0) is 9.97. The van der Waals surface area contributed by atoms with Crippen LogP contribution < -0.4 is 5.69 Å². The van der Waals surface area contributed by atoms with Gasteiger partial charge in [-0.15, -0.1) is 0 Å². The van der Waals surface area contributed by atoms with Gasteiger partial charge in [0.05, 0.1) is 0 Å². The summed E-state index contributed by atoms with van der Waals surface area (Å²) in [6.45, 7) is 0.619. The van der Waals surface area contributed by atoms with Crippen molar-refractivity contribution in [1.29, 1.82) is 0 Å². The molecule has 0 atom stereocenters. The molecule has 6 heteroatoms. The first kappa shape index (κ1) is 9.42. The minimum absolute atomic E-state index is 0.176. The molecular formula is C8H9N3OS2. The summed E-state index contributed by atoms with van der Waals surface area (Å²) >= 11 is 6.60. The maximum atomic E-state index is 11.2. The highest BCUT2D eigenvalue weighted by Gasteiger charge is 2.00. The van der Waals surface area contributed by atoms with Crippen molar-refractivity contribution in [3.63, 3.8) is 0 Å². The Morgan fingerprint density at radius 1 is 1.50 bits per heavy atom. The third kappa shape index (κ3) is 1.85. The van der Waals surface area contributed by atoms with Crippen LogP contribution in [0.4, 0.5) is 0 Å². The Balaban J connectivity index is 2.13. The van der Waals surface area contributed by atoms with Gasteiger partial charge in [-0.25, -0.2) is 9.89 Å². The van der Waals surface area contributed by atoms with Gasteiger partial charge in [0.25, 0.3) is 0 Å². The van der Waals surface area contributed by atoms with E-state index in [0.29, 0.717) is 11.3 Å². The van der Waals surface area contributed by atoms with Gasteiger partial charge in [-0.3, -0.25) is 9.67 Å². The van der Waals surface area contributed by atoms with Gasteiger partial charge in [0.1, 0.15) is 0 Å². The highest BCUT2D eigenvalue weighted by atomic mass is 32.1. The van der Waals surface area contributed by atoms with Crippen LogP contribution in [0.2, 0.25) is 0 Å². The Bertz CT molecular complexity index is 478. The second kappa shape index (κ2) is 3.93. The molecule has 0 saturated carbocycles. The van der Waals surface area contributed by atoms with Crippen molar-refractivity contribution in [3.8, 4) is 0 Å². The van der Waals surface area contributed by atoms with E-state index in [-0.39, 0.29) is 5.69 Å². The smallest absolute Gasteiger partial charge is 0.272 e. The summed E-state index contributed by atoms with van der Waals surface area (Å²) < 4.78 is 1.97. The summed E-state index contributed by atoms with van der Waals surface area (Å²) in [7, 11) is 0. The van der Waals surface area contributed by atoms with Gasteiger partial charge in [0, 0.05) is 6.54 Å². The van der Waals surface area contributed by atoms with Gasteiger partial charge in [0.2, 0.25) is 0 Å². The molecule has 74 valence electrons. The van der Waals surface area contributed by atoms with Crippen molar-refractivity contribution in [2.75, 3.05) is 0 Å². The number of aromatic nitrogens is 3. The highest BCUT2D eigenvalue weighted by Crippen LogP contribution is 2.06. The average Bonchev–Trinajstić information content (AvgIpc) is 2.76. The first-order valence-electron chi connectivity index (χ1n) is 4.16. The molecule has 0 aliphatic heterocycles. The van der Waals surface area contributed by atoms with Gasteiger partial charge >= 0.3 is 5.69 Å². The Labute approximate surface area is 89.2 Å². The van der Waals surface area contributed by atoms with Crippen LogP contribution in [-0.4, -0.2) is 14.8 Å². The fourth-order valence-electron chi connectivity index (χ4n) is 1.21. The van der Waals surface area contributed by atoms with Crippen LogP contribution in [0.3, 0.4) is 0 Å². The van der Waals surface area contributed by atoms with Gasteiger partial charge in [-0.05, 0) is 41.0 Å². The minimum Gasteiger partial charge on any atom is -0.272 e. The molecule has 14 heavy (non-hydrogen) atoms. The van der Waals surface area contributed by atoms with Crippen molar-refractivity contribution >= 4 is 23.6 Å². The molecule has 0 spiro atoms. The molecule has 0 aromatic carbocycles. The van der Waals surface area contributed by atoms with Gasteiger partial charge in [-0.1, -0.05) is 0 Å². The molecular weight excluding hydrogens is 218 g/mol. The third-order valence-corrected chi connectivity index (χ3v) is 3.03. The second-order valence-electron chi connectivity index (χ2n) is 2.89. The van der Waals surface area contributed by atoms with E-state index in [1.807, 2.05) is 5.38 Å². The Hall–Kier alpha value is -1.14. The lowest BCUT2D eigenvalue weighted by Gasteiger charge is -1.97. The molecule has 0 unspecified atom stereocenters. The highest BCUT2D eigenvalue weighted by molar-refractivity contribution is 7.71. The molecule has 0 bridgehead atoms. The largest absolute Gasteiger partial charge is 0.342 e. The van der Waals surface area contributed by atoms with Crippen LogP contribution in [0.5, 0.6) is 0 Å². The van der Waals surface area contributed by atoms with Crippen molar-refractivity contribution in [2.24, 2.45) is 0 Å². The summed E-state index contributed by atoms with van der Waals surface area (Å²) in [5.74, 6) is 0. The molecule has 2 heterocycles. The van der Waals surface area contributed by atoms with E-state index in [4.69, 9.17) is 12.2 Å². The van der Waals surface area contributed by atoms with Crippen LogP contribution >= 0.6 is 23.6 Å². The predicted octanol–water partition coefficient (Wildman–Crippen LogP) is 1.54. The summed E-state index contributed by atoms with van der Waals surface area (Å²) in [5.41, 5.74) is 1.06. The maximum Gasteiger partial charge on any atom is 0.342 e. The molecule has 0 fully saturated rings. The normalized spacial score (nSPS) is 10.6. The fraction of sp³-hybridized carbons (Fsp3) is 0.250.